The highest BCUT2D eigenvalue weighted by atomic mass is 16.6. The lowest BCUT2D eigenvalue weighted by Gasteiger charge is -2.08. The molecular formula is C13H19NO3. The van der Waals surface area contributed by atoms with E-state index in [1.165, 1.54) is 7.11 Å². The van der Waals surface area contributed by atoms with Gasteiger partial charge in [-0.1, -0.05) is 26.0 Å². The van der Waals surface area contributed by atoms with Gasteiger partial charge < -0.3 is 9.57 Å². The van der Waals surface area contributed by atoms with Crippen LogP contribution in [0.15, 0.2) is 24.3 Å². The van der Waals surface area contributed by atoms with E-state index < -0.39 is 0 Å². The zero-order valence-corrected chi connectivity index (χ0v) is 10.5. The van der Waals surface area contributed by atoms with E-state index >= 15 is 0 Å². The molecule has 0 aliphatic rings. The highest BCUT2D eigenvalue weighted by molar-refractivity contribution is 5.89. The van der Waals surface area contributed by atoms with Crippen molar-refractivity contribution in [2.24, 2.45) is 5.92 Å². The smallest absolute Gasteiger partial charge is 0.337 e. The van der Waals surface area contributed by atoms with Gasteiger partial charge in [-0.15, -0.1) is 0 Å². The molecule has 17 heavy (non-hydrogen) atoms. The molecule has 0 bridgehead atoms. The number of hydrogen-bond acceptors (Lipinski definition) is 4. The lowest BCUT2D eigenvalue weighted by molar-refractivity contribution is 0.0196. The normalized spacial score (nSPS) is 10.6. The summed E-state index contributed by atoms with van der Waals surface area (Å²) in [6.45, 7) is 5.48. The SMILES string of the molecule is COC(=O)c1ccc(CNOCC(C)C)cc1. The monoisotopic (exact) mass is 237 g/mol. The minimum Gasteiger partial charge on any atom is -0.465 e. The van der Waals surface area contributed by atoms with E-state index in [2.05, 4.69) is 24.1 Å². The second-order valence-corrected chi connectivity index (χ2v) is 4.21. The zero-order valence-electron chi connectivity index (χ0n) is 10.5. The average Bonchev–Trinajstić information content (AvgIpc) is 2.34. The fourth-order valence-corrected chi connectivity index (χ4v) is 1.24. The van der Waals surface area contributed by atoms with Crippen LogP contribution in [0.3, 0.4) is 0 Å². The number of nitrogens with one attached hydrogen (secondary N) is 1. The van der Waals surface area contributed by atoms with E-state index in [1.807, 2.05) is 12.1 Å². The largest absolute Gasteiger partial charge is 0.465 e. The van der Waals surface area contributed by atoms with Crippen LogP contribution in [0.4, 0.5) is 0 Å². The molecule has 0 amide bonds. The third-order valence-corrected chi connectivity index (χ3v) is 2.17. The zero-order chi connectivity index (χ0) is 12.7. The van der Waals surface area contributed by atoms with Gasteiger partial charge in [0.1, 0.15) is 0 Å². The topological polar surface area (TPSA) is 47.6 Å². The molecule has 0 fully saturated rings. The number of esters is 1. The molecule has 0 saturated carbocycles. The summed E-state index contributed by atoms with van der Waals surface area (Å²) in [5.74, 6) is 0.185. The molecule has 4 heteroatoms. The Balaban J connectivity index is 2.38. The maximum absolute atomic E-state index is 11.2. The molecule has 0 aliphatic carbocycles. The van der Waals surface area contributed by atoms with Crippen molar-refractivity contribution in [3.63, 3.8) is 0 Å². The first-order valence-corrected chi connectivity index (χ1v) is 5.65. The van der Waals surface area contributed by atoms with E-state index in [9.17, 15) is 4.79 Å². The van der Waals surface area contributed by atoms with Crippen LogP contribution in [0, 0.1) is 5.92 Å². The molecule has 0 unspecified atom stereocenters. The summed E-state index contributed by atoms with van der Waals surface area (Å²) in [5.41, 5.74) is 4.49. The molecule has 1 aromatic rings. The highest BCUT2D eigenvalue weighted by Crippen LogP contribution is 2.05. The Labute approximate surface area is 102 Å². The maximum Gasteiger partial charge on any atom is 0.337 e. The Morgan fingerprint density at radius 3 is 2.47 bits per heavy atom. The fraction of sp³-hybridized carbons (Fsp3) is 0.462. The van der Waals surface area contributed by atoms with Gasteiger partial charge in [-0.3, -0.25) is 0 Å². The van der Waals surface area contributed by atoms with E-state index in [1.54, 1.807) is 12.1 Å². The summed E-state index contributed by atoms with van der Waals surface area (Å²) in [5, 5.41) is 0. The van der Waals surface area contributed by atoms with Crippen molar-refractivity contribution < 1.29 is 14.4 Å². The molecule has 0 saturated heterocycles. The molecule has 4 nitrogen and oxygen atoms in total. The van der Waals surface area contributed by atoms with Crippen molar-refractivity contribution in [2.45, 2.75) is 20.4 Å². The summed E-state index contributed by atoms with van der Waals surface area (Å²) in [7, 11) is 1.37. The number of hydroxylamine groups is 1. The molecule has 0 atom stereocenters. The molecule has 1 N–H and O–H groups in total. The predicted molar refractivity (Wildman–Crippen MR) is 65.4 cm³/mol. The minimum absolute atomic E-state index is 0.319. The number of methoxy groups -OCH3 is 1. The minimum atomic E-state index is -0.319. The van der Waals surface area contributed by atoms with Crippen molar-refractivity contribution in [3.05, 3.63) is 35.4 Å². The van der Waals surface area contributed by atoms with Gasteiger partial charge in [0.25, 0.3) is 0 Å². The lowest BCUT2D eigenvalue weighted by atomic mass is 10.1. The van der Waals surface area contributed by atoms with Crippen molar-refractivity contribution in [3.8, 4) is 0 Å². The van der Waals surface area contributed by atoms with Gasteiger partial charge in [-0.2, -0.15) is 5.48 Å². The third-order valence-electron chi connectivity index (χ3n) is 2.17. The highest BCUT2D eigenvalue weighted by Gasteiger charge is 2.03. The van der Waals surface area contributed by atoms with Gasteiger partial charge in [0.15, 0.2) is 0 Å². The summed E-state index contributed by atoms with van der Waals surface area (Å²) in [6, 6.07) is 7.23. The average molecular weight is 237 g/mol. The second-order valence-electron chi connectivity index (χ2n) is 4.21. The van der Waals surface area contributed by atoms with Crippen LogP contribution < -0.4 is 5.48 Å². The third kappa shape index (κ3) is 4.97. The van der Waals surface area contributed by atoms with Crippen molar-refractivity contribution >= 4 is 5.97 Å². The molecule has 0 heterocycles. The van der Waals surface area contributed by atoms with Crippen LogP contribution in [0.25, 0.3) is 0 Å². The number of ether oxygens (including phenoxy) is 1. The van der Waals surface area contributed by atoms with Crippen LogP contribution in [0.1, 0.15) is 29.8 Å². The van der Waals surface area contributed by atoms with Gasteiger partial charge in [0.05, 0.1) is 19.3 Å². The lowest BCUT2D eigenvalue weighted by Crippen LogP contribution is -2.17. The molecule has 1 aromatic carbocycles. The molecular weight excluding hydrogens is 218 g/mol. The maximum atomic E-state index is 11.2. The van der Waals surface area contributed by atoms with E-state index in [-0.39, 0.29) is 5.97 Å². The first-order chi connectivity index (χ1) is 8.13. The molecule has 1 rings (SSSR count). The van der Waals surface area contributed by atoms with Gasteiger partial charge >= 0.3 is 5.97 Å². The predicted octanol–water partition coefficient (Wildman–Crippen LogP) is 2.15. The fourth-order valence-electron chi connectivity index (χ4n) is 1.24. The Kier molecular flexibility index (Phi) is 5.66. The van der Waals surface area contributed by atoms with Crippen LogP contribution >= 0.6 is 0 Å². The summed E-state index contributed by atoms with van der Waals surface area (Å²) in [6.07, 6.45) is 0. The number of carbonyl (C=O) groups excluding carboxylic acids is 1. The summed E-state index contributed by atoms with van der Waals surface area (Å²) < 4.78 is 4.62. The van der Waals surface area contributed by atoms with E-state index in [0.29, 0.717) is 24.6 Å². The Morgan fingerprint density at radius 2 is 1.94 bits per heavy atom. The summed E-state index contributed by atoms with van der Waals surface area (Å²) >= 11 is 0. The van der Waals surface area contributed by atoms with Crippen molar-refractivity contribution in [1.29, 1.82) is 0 Å². The Morgan fingerprint density at radius 1 is 1.29 bits per heavy atom. The van der Waals surface area contributed by atoms with Crippen molar-refractivity contribution in [2.75, 3.05) is 13.7 Å². The number of benzene rings is 1. The first-order valence-electron chi connectivity index (χ1n) is 5.65. The van der Waals surface area contributed by atoms with Crippen molar-refractivity contribution in [1.82, 2.24) is 5.48 Å². The van der Waals surface area contributed by atoms with Crippen LogP contribution in [-0.4, -0.2) is 19.7 Å². The summed E-state index contributed by atoms with van der Waals surface area (Å²) in [4.78, 5) is 16.5. The molecule has 94 valence electrons. The van der Waals surface area contributed by atoms with Gasteiger partial charge in [-0.05, 0) is 23.6 Å². The van der Waals surface area contributed by atoms with Crippen LogP contribution in [-0.2, 0) is 16.1 Å². The number of carbonyl (C=O) groups is 1. The standard InChI is InChI=1S/C13H19NO3/c1-10(2)9-17-14-8-11-4-6-12(7-5-11)13(15)16-3/h4-7,10,14H,8-9H2,1-3H3. The van der Waals surface area contributed by atoms with Gasteiger partial charge in [0.2, 0.25) is 0 Å². The second kappa shape index (κ2) is 7.04. The molecule has 0 aliphatic heterocycles. The Bertz CT molecular complexity index is 346. The quantitative estimate of drug-likeness (QED) is 0.468. The first kappa shape index (κ1) is 13.7. The number of hydrogen-bond donors (Lipinski definition) is 1. The number of rotatable bonds is 6. The molecule has 0 spiro atoms. The van der Waals surface area contributed by atoms with Gasteiger partial charge in [0, 0.05) is 6.54 Å². The van der Waals surface area contributed by atoms with E-state index in [0.717, 1.165) is 5.56 Å². The van der Waals surface area contributed by atoms with E-state index in [4.69, 9.17) is 4.84 Å². The van der Waals surface area contributed by atoms with Crippen LogP contribution in [0.5, 0.6) is 0 Å². The van der Waals surface area contributed by atoms with Crippen LogP contribution in [0.2, 0.25) is 0 Å². The Hall–Kier alpha value is -1.39. The molecule has 0 radical (unpaired) electrons. The molecule has 0 aromatic heterocycles. The van der Waals surface area contributed by atoms with Gasteiger partial charge in [-0.25, -0.2) is 4.79 Å².